The summed E-state index contributed by atoms with van der Waals surface area (Å²) in [7, 11) is 1.34. The van der Waals surface area contributed by atoms with Gasteiger partial charge in [0.2, 0.25) is 5.91 Å². The number of hydrogen-bond acceptors (Lipinski definition) is 4. The van der Waals surface area contributed by atoms with Crippen molar-refractivity contribution in [3.63, 3.8) is 0 Å². The zero-order valence-corrected chi connectivity index (χ0v) is 15.7. The molecule has 0 atom stereocenters. The van der Waals surface area contributed by atoms with Gasteiger partial charge >= 0.3 is 5.97 Å². The van der Waals surface area contributed by atoms with Crippen molar-refractivity contribution in [2.45, 2.75) is 19.3 Å². The lowest BCUT2D eigenvalue weighted by Gasteiger charge is -2.31. The van der Waals surface area contributed by atoms with Crippen molar-refractivity contribution in [2.75, 3.05) is 32.1 Å². The Hall–Kier alpha value is -2.66. The Kier molecular flexibility index (Phi) is 6.60. The van der Waals surface area contributed by atoms with Crippen LogP contribution in [-0.4, -0.2) is 43.5 Å². The van der Waals surface area contributed by atoms with Crippen molar-refractivity contribution >= 4 is 17.6 Å². The number of esters is 1. The van der Waals surface area contributed by atoms with Gasteiger partial charge in [-0.15, -0.1) is 0 Å². The van der Waals surface area contributed by atoms with Gasteiger partial charge in [0.05, 0.1) is 19.2 Å². The minimum absolute atomic E-state index is 0.0569. The topological polar surface area (TPSA) is 58.6 Å². The third kappa shape index (κ3) is 5.66. The average Bonchev–Trinajstić information content (AvgIpc) is 2.70. The molecule has 0 spiro atoms. The first kappa shape index (κ1) is 19.1. The molecule has 142 valence electrons. The molecule has 0 bridgehead atoms. The van der Waals surface area contributed by atoms with E-state index in [1.165, 1.54) is 12.7 Å². The van der Waals surface area contributed by atoms with Gasteiger partial charge in [0.15, 0.2) is 0 Å². The molecule has 0 aliphatic carbocycles. The maximum atomic E-state index is 12.3. The predicted octanol–water partition coefficient (Wildman–Crippen LogP) is 3.37. The number of ether oxygens (including phenoxy) is 1. The van der Waals surface area contributed by atoms with Crippen molar-refractivity contribution in [3.8, 4) is 0 Å². The number of nitrogens with one attached hydrogen (secondary N) is 1. The van der Waals surface area contributed by atoms with Crippen molar-refractivity contribution in [3.05, 3.63) is 65.7 Å². The van der Waals surface area contributed by atoms with Gasteiger partial charge in [0.1, 0.15) is 0 Å². The van der Waals surface area contributed by atoms with Crippen LogP contribution >= 0.6 is 0 Å². The molecular weight excluding hydrogens is 340 g/mol. The first-order valence-corrected chi connectivity index (χ1v) is 9.38. The molecule has 1 saturated heterocycles. The van der Waals surface area contributed by atoms with E-state index in [0.29, 0.717) is 23.7 Å². The molecule has 2 aromatic rings. The largest absolute Gasteiger partial charge is 0.465 e. The number of methoxy groups -OCH3 is 1. The van der Waals surface area contributed by atoms with Gasteiger partial charge in [0, 0.05) is 5.69 Å². The highest BCUT2D eigenvalue weighted by Gasteiger charge is 2.21. The van der Waals surface area contributed by atoms with Gasteiger partial charge < -0.3 is 10.1 Å². The minimum atomic E-state index is -0.411. The highest BCUT2D eigenvalue weighted by Crippen LogP contribution is 2.21. The Morgan fingerprint density at radius 2 is 1.81 bits per heavy atom. The second-order valence-corrected chi connectivity index (χ2v) is 7.03. The van der Waals surface area contributed by atoms with Crippen LogP contribution in [0.3, 0.4) is 0 Å². The van der Waals surface area contributed by atoms with E-state index in [0.717, 1.165) is 32.4 Å². The summed E-state index contributed by atoms with van der Waals surface area (Å²) in [5, 5.41) is 2.87. The Labute approximate surface area is 160 Å². The van der Waals surface area contributed by atoms with Crippen molar-refractivity contribution in [1.82, 2.24) is 4.90 Å². The number of carbonyl (C=O) groups excluding carboxylic acids is 2. The molecule has 0 unspecified atom stereocenters. The van der Waals surface area contributed by atoms with Gasteiger partial charge in [-0.1, -0.05) is 36.4 Å². The van der Waals surface area contributed by atoms with E-state index in [1.807, 2.05) is 6.07 Å². The molecule has 0 aromatic heterocycles. The molecule has 0 saturated carbocycles. The summed E-state index contributed by atoms with van der Waals surface area (Å²) in [6, 6.07) is 17.4. The van der Waals surface area contributed by atoms with E-state index in [2.05, 4.69) is 34.5 Å². The maximum absolute atomic E-state index is 12.3. The van der Waals surface area contributed by atoms with E-state index in [-0.39, 0.29) is 5.91 Å². The number of piperidine rings is 1. The fraction of sp³-hybridized carbons (Fsp3) is 0.364. The number of nitrogens with zero attached hydrogens (tertiary/aromatic N) is 1. The quantitative estimate of drug-likeness (QED) is 0.797. The average molecular weight is 366 g/mol. The van der Waals surface area contributed by atoms with Crippen LogP contribution in [0.1, 0.15) is 28.8 Å². The molecule has 5 heteroatoms. The molecule has 0 radical (unpaired) electrons. The van der Waals surface area contributed by atoms with Crippen LogP contribution in [0.2, 0.25) is 0 Å². The maximum Gasteiger partial charge on any atom is 0.337 e. The van der Waals surface area contributed by atoms with E-state index in [9.17, 15) is 9.59 Å². The van der Waals surface area contributed by atoms with Crippen LogP contribution in [-0.2, 0) is 16.0 Å². The summed E-state index contributed by atoms with van der Waals surface area (Å²) < 4.78 is 4.71. The first-order chi connectivity index (χ1) is 13.1. The van der Waals surface area contributed by atoms with Gasteiger partial charge in [-0.2, -0.15) is 0 Å². The Balaban J connectivity index is 1.45. The molecule has 1 amide bonds. The zero-order valence-electron chi connectivity index (χ0n) is 15.7. The van der Waals surface area contributed by atoms with Crippen LogP contribution < -0.4 is 5.32 Å². The van der Waals surface area contributed by atoms with Crippen molar-refractivity contribution < 1.29 is 14.3 Å². The highest BCUT2D eigenvalue weighted by atomic mass is 16.5. The van der Waals surface area contributed by atoms with E-state index < -0.39 is 5.97 Å². The Morgan fingerprint density at radius 3 is 2.52 bits per heavy atom. The molecule has 1 heterocycles. The van der Waals surface area contributed by atoms with Crippen molar-refractivity contribution in [2.24, 2.45) is 5.92 Å². The minimum Gasteiger partial charge on any atom is -0.465 e. The monoisotopic (exact) mass is 366 g/mol. The number of hydrogen-bond donors (Lipinski definition) is 1. The molecule has 5 nitrogen and oxygen atoms in total. The Bertz CT molecular complexity index is 768. The molecule has 3 rings (SSSR count). The van der Waals surface area contributed by atoms with E-state index in [1.54, 1.807) is 24.3 Å². The number of anilines is 1. The molecule has 2 aromatic carbocycles. The normalized spacial score (nSPS) is 15.3. The van der Waals surface area contributed by atoms with Crippen LogP contribution in [0, 0.1) is 5.92 Å². The van der Waals surface area contributed by atoms with Crippen LogP contribution in [0.15, 0.2) is 54.6 Å². The van der Waals surface area contributed by atoms with Gasteiger partial charge in [-0.25, -0.2) is 4.79 Å². The second-order valence-electron chi connectivity index (χ2n) is 7.03. The molecule has 1 aliphatic rings. The number of carbonyl (C=O) groups is 2. The summed E-state index contributed by atoms with van der Waals surface area (Å²) in [6.45, 7) is 2.25. The van der Waals surface area contributed by atoms with Gasteiger partial charge in [-0.05, 0) is 62.0 Å². The number of amides is 1. The SMILES string of the molecule is COC(=O)c1cccc(NC(=O)CN2CCC(Cc3ccccc3)CC2)c1. The Morgan fingerprint density at radius 1 is 1.07 bits per heavy atom. The summed E-state index contributed by atoms with van der Waals surface area (Å²) in [6.07, 6.45) is 3.33. The molecule has 1 N–H and O–H groups in total. The summed E-state index contributed by atoms with van der Waals surface area (Å²) in [4.78, 5) is 26.1. The lowest BCUT2D eigenvalue weighted by Crippen LogP contribution is -2.39. The summed E-state index contributed by atoms with van der Waals surface area (Å²) >= 11 is 0. The predicted molar refractivity (Wildman–Crippen MR) is 106 cm³/mol. The standard InChI is InChI=1S/C22H26N2O3/c1-27-22(26)19-8-5-9-20(15-19)23-21(25)16-24-12-10-18(11-13-24)14-17-6-3-2-4-7-17/h2-9,15,18H,10-14,16H2,1H3,(H,23,25). The first-order valence-electron chi connectivity index (χ1n) is 9.38. The fourth-order valence-corrected chi connectivity index (χ4v) is 3.54. The highest BCUT2D eigenvalue weighted by molar-refractivity contribution is 5.95. The lowest BCUT2D eigenvalue weighted by atomic mass is 9.90. The smallest absolute Gasteiger partial charge is 0.337 e. The van der Waals surface area contributed by atoms with Crippen LogP contribution in [0.25, 0.3) is 0 Å². The van der Waals surface area contributed by atoms with Crippen LogP contribution in [0.4, 0.5) is 5.69 Å². The van der Waals surface area contributed by atoms with E-state index >= 15 is 0 Å². The molecular formula is C22H26N2O3. The number of likely N-dealkylation sites (tertiary alicyclic amines) is 1. The van der Waals surface area contributed by atoms with Crippen molar-refractivity contribution in [1.29, 1.82) is 0 Å². The van der Waals surface area contributed by atoms with Gasteiger partial charge in [-0.3, -0.25) is 9.69 Å². The summed E-state index contributed by atoms with van der Waals surface area (Å²) in [5.74, 6) is 0.216. The summed E-state index contributed by atoms with van der Waals surface area (Å²) in [5.41, 5.74) is 2.43. The zero-order chi connectivity index (χ0) is 19.1. The third-order valence-electron chi connectivity index (χ3n) is 5.01. The van der Waals surface area contributed by atoms with Gasteiger partial charge in [0.25, 0.3) is 0 Å². The fourth-order valence-electron chi connectivity index (χ4n) is 3.54. The third-order valence-corrected chi connectivity index (χ3v) is 5.01. The molecule has 1 fully saturated rings. The lowest BCUT2D eigenvalue weighted by molar-refractivity contribution is -0.117. The number of rotatable bonds is 6. The number of benzene rings is 2. The molecule has 1 aliphatic heterocycles. The molecule has 27 heavy (non-hydrogen) atoms. The second kappa shape index (κ2) is 9.33. The van der Waals surface area contributed by atoms with Crippen LogP contribution in [0.5, 0.6) is 0 Å². The van der Waals surface area contributed by atoms with E-state index in [4.69, 9.17) is 4.74 Å².